The van der Waals surface area contributed by atoms with Crippen molar-refractivity contribution in [3.05, 3.63) is 34.4 Å². The Morgan fingerprint density at radius 2 is 1.85 bits per heavy atom. The van der Waals surface area contributed by atoms with Crippen LogP contribution in [-0.2, 0) is 4.52 Å². The molecule has 0 saturated heterocycles. The molecule has 1 aromatic rings. The van der Waals surface area contributed by atoms with Gasteiger partial charge in [0.15, 0.2) is 5.75 Å². The lowest BCUT2D eigenvalue weighted by Crippen LogP contribution is -2.29. The molecule has 20 heavy (non-hydrogen) atoms. The fourth-order valence-corrected chi connectivity index (χ4v) is 2.24. The summed E-state index contributed by atoms with van der Waals surface area (Å²) in [4.78, 5) is 32.9. The number of phosphoric ester groups is 1. The smallest absolute Gasteiger partial charge is 0.269 e. The summed E-state index contributed by atoms with van der Waals surface area (Å²) >= 11 is 0. The Morgan fingerprint density at radius 3 is 2.35 bits per heavy atom. The second-order valence-electron chi connectivity index (χ2n) is 4.66. The van der Waals surface area contributed by atoms with E-state index in [-0.39, 0.29) is 18.0 Å². The number of rotatable bonds is 8. The molecule has 0 saturated carbocycles. The van der Waals surface area contributed by atoms with Crippen LogP contribution in [0.3, 0.4) is 0 Å². The van der Waals surface area contributed by atoms with Gasteiger partial charge in [0.05, 0.1) is 11.5 Å². The Bertz CT molecular complexity index is 434. The number of hydrogen-bond donors (Lipinski definition) is 0. The molecule has 0 N–H and O–H groups in total. The van der Waals surface area contributed by atoms with Crippen molar-refractivity contribution in [2.75, 3.05) is 6.61 Å². The van der Waals surface area contributed by atoms with E-state index in [2.05, 4.69) is 0 Å². The predicted octanol–water partition coefficient (Wildman–Crippen LogP) is 1.82. The summed E-state index contributed by atoms with van der Waals surface area (Å²) in [5, 5.41) is 10.5. The molecular weight excluding hydrogens is 285 g/mol. The fraction of sp³-hybridized carbons (Fsp3) is 0.500. The van der Waals surface area contributed by atoms with E-state index >= 15 is 0 Å². The molecule has 0 aliphatic carbocycles. The molecule has 0 amide bonds. The van der Waals surface area contributed by atoms with Crippen molar-refractivity contribution in [2.24, 2.45) is 5.92 Å². The number of nitro groups is 1. The number of nitrogens with zero attached hydrogens (tertiary/aromatic N) is 1. The molecule has 1 aromatic carbocycles. The third-order valence-corrected chi connectivity index (χ3v) is 3.37. The van der Waals surface area contributed by atoms with Gasteiger partial charge in [-0.25, -0.2) is 4.52 Å². The van der Waals surface area contributed by atoms with Crippen LogP contribution in [0.25, 0.3) is 0 Å². The van der Waals surface area contributed by atoms with Crippen molar-refractivity contribution in [1.82, 2.24) is 0 Å². The lowest BCUT2D eigenvalue weighted by Gasteiger charge is -2.30. The Labute approximate surface area is 118 Å². The topological polar surface area (TPSA) is 108 Å². The quantitative estimate of drug-likeness (QED) is 0.314. The highest BCUT2D eigenvalue weighted by Crippen LogP contribution is 2.43. The molecular formula is C12H17NO6P-. The first-order valence-corrected chi connectivity index (χ1v) is 7.66. The van der Waals surface area contributed by atoms with E-state index in [1.54, 1.807) is 0 Å². The van der Waals surface area contributed by atoms with Gasteiger partial charge in [-0.2, -0.15) is 0 Å². The number of non-ortho nitro benzene ring substituents is 1. The first kappa shape index (κ1) is 16.8. The number of benzene rings is 1. The molecule has 0 aromatic heterocycles. The second kappa shape index (κ2) is 7.50. The number of nitro benzene ring substituents is 1. The van der Waals surface area contributed by atoms with E-state index in [9.17, 15) is 19.9 Å². The maximum atomic E-state index is 11.5. The summed E-state index contributed by atoms with van der Waals surface area (Å²) in [6.45, 7) is 4.13. The largest absolute Gasteiger partial charge is 0.627 e. The van der Waals surface area contributed by atoms with Crippen molar-refractivity contribution in [3.8, 4) is 5.75 Å². The van der Waals surface area contributed by atoms with E-state index in [4.69, 9.17) is 9.05 Å². The van der Waals surface area contributed by atoms with Crippen LogP contribution in [0.15, 0.2) is 24.3 Å². The van der Waals surface area contributed by atoms with Crippen LogP contribution in [-0.4, -0.2) is 11.5 Å². The molecule has 0 aliphatic rings. The molecule has 8 heteroatoms. The SMILES string of the molecule is CC(C)CCCO[P+]([O-])([O-])Oc1ccc([N+](=O)[O-])cc1. The van der Waals surface area contributed by atoms with Gasteiger partial charge >= 0.3 is 0 Å². The monoisotopic (exact) mass is 302 g/mol. The van der Waals surface area contributed by atoms with Crippen LogP contribution in [0.5, 0.6) is 5.75 Å². The van der Waals surface area contributed by atoms with Crippen LogP contribution < -0.4 is 14.3 Å². The van der Waals surface area contributed by atoms with E-state index in [0.717, 1.165) is 18.6 Å². The van der Waals surface area contributed by atoms with Crippen molar-refractivity contribution < 1.29 is 23.8 Å². The Balaban J connectivity index is 2.46. The highest BCUT2D eigenvalue weighted by atomic mass is 31.2. The molecule has 112 valence electrons. The average molecular weight is 302 g/mol. The molecule has 1 rings (SSSR count). The van der Waals surface area contributed by atoms with Gasteiger partial charge in [-0.1, -0.05) is 13.8 Å². The van der Waals surface area contributed by atoms with Crippen molar-refractivity contribution in [2.45, 2.75) is 26.7 Å². The Morgan fingerprint density at radius 1 is 1.25 bits per heavy atom. The first-order chi connectivity index (χ1) is 9.30. The molecule has 0 radical (unpaired) electrons. The third-order valence-electron chi connectivity index (χ3n) is 2.44. The molecule has 0 unspecified atom stereocenters. The molecule has 0 heterocycles. The summed E-state index contributed by atoms with van der Waals surface area (Å²) in [6, 6.07) is 4.74. The average Bonchev–Trinajstić information content (AvgIpc) is 2.34. The summed E-state index contributed by atoms with van der Waals surface area (Å²) in [5.74, 6) is 0.457. The third kappa shape index (κ3) is 6.25. The van der Waals surface area contributed by atoms with Gasteiger partial charge in [0.25, 0.3) is 5.69 Å². The molecule has 0 spiro atoms. The Hall–Kier alpha value is -1.27. The molecule has 7 nitrogen and oxygen atoms in total. The van der Waals surface area contributed by atoms with Crippen molar-refractivity contribution in [1.29, 1.82) is 0 Å². The van der Waals surface area contributed by atoms with Gasteiger partial charge in [-0.3, -0.25) is 10.1 Å². The van der Waals surface area contributed by atoms with Gasteiger partial charge < -0.3 is 14.3 Å². The lowest BCUT2D eigenvalue weighted by molar-refractivity contribution is -0.385. The molecule has 0 fully saturated rings. The van der Waals surface area contributed by atoms with Crippen molar-refractivity contribution >= 4 is 13.9 Å². The minimum Gasteiger partial charge on any atom is -0.627 e. The summed E-state index contributed by atoms with van der Waals surface area (Å²) in [6.07, 6.45) is 1.48. The minimum atomic E-state index is -4.43. The fourth-order valence-electron chi connectivity index (χ4n) is 1.45. The van der Waals surface area contributed by atoms with Gasteiger partial charge in [0, 0.05) is 12.1 Å². The maximum absolute atomic E-state index is 11.5. The normalized spacial score (nSPS) is 11.7. The van der Waals surface area contributed by atoms with Crippen LogP contribution in [0, 0.1) is 16.0 Å². The summed E-state index contributed by atoms with van der Waals surface area (Å²) in [7, 11) is -4.43. The molecule has 0 aliphatic heterocycles. The highest BCUT2D eigenvalue weighted by molar-refractivity contribution is 7.51. The minimum absolute atomic E-state index is 0.0159. The van der Waals surface area contributed by atoms with Crippen LogP contribution in [0.4, 0.5) is 5.69 Å². The maximum Gasteiger partial charge on any atom is 0.269 e. The van der Waals surface area contributed by atoms with Gasteiger partial charge in [-0.05, 0) is 30.9 Å². The summed E-state index contributed by atoms with van der Waals surface area (Å²) < 4.78 is 9.40. The number of hydrogen-bond acceptors (Lipinski definition) is 6. The first-order valence-electron chi connectivity index (χ1n) is 6.20. The predicted molar refractivity (Wildman–Crippen MR) is 70.7 cm³/mol. The van der Waals surface area contributed by atoms with E-state index in [0.29, 0.717) is 12.3 Å². The summed E-state index contributed by atoms with van der Waals surface area (Å²) in [5.41, 5.74) is -0.143. The zero-order valence-electron chi connectivity index (χ0n) is 11.4. The van der Waals surface area contributed by atoms with E-state index < -0.39 is 13.1 Å². The lowest BCUT2D eigenvalue weighted by atomic mass is 10.1. The molecule has 0 bridgehead atoms. The van der Waals surface area contributed by atoms with Crippen LogP contribution in [0.2, 0.25) is 0 Å². The second-order valence-corrected chi connectivity index (χ2v) is 5.99. The highest BCUT2D eigenvalue weighted by Gasteiger charge is 2.18. The molecule has 0 atom stereocenters. The zero-order chi connectivity index (χ0) is 15.2. The standard InChI is InChI=1S/C12H18NO6P/c1-10(2)4-3-9-18-20(16,17)19-12-7-5-11(6-8-12)13(14)15/h5-8,10H,3-4,9H2,1-2H3,(H,16,17)/p-1. The van der Waals surface area contributed by atoms with Gasteiger partial charge in [0.2, 0.25) is 8.17 Å². The van der Waals surface area contributed by atoms with E-state index in [1.807, 2.05) is 13.8 Å². The number of phosphoric acid groups is 1. The van der Waals surface area contributed by atoms with Crippen molar-refractivity contribution in [3.63, 3.8) is 0 Å². The zero-order valence-corrected chi connectivity index (χ0v) is 12.2. The van der Waals surface area contributed by atoms with Gasteiger partial charge in [0.1, 0.15) is 0 Å². The van der Waals surface area contributed by atoms with Crippen LogP contribution >= 0.6 is 8.17 Å². The van der Waals surface area contributed by atoms with E-state index in [1.165, 1.54) is 12.1 Å². The Kier molecular flexibility index (Phi) is 6.29. The van der Waals surface area contributed by atoms with Gasteiger partial charge in [-0.15, -0.1) is 0 Å². The van der Waals surface area contributed by atoms with Crippen LogP contribution in [0.1, 0.15) is 26.7 Å².